The number of hydrogen-bond acceptors (Lipinski definition) is 6. The molecule has 1 aliphatic heterocycles. The molecule has 1 saturated heterocycles. The van der Waals surface area contributed by atoms with E-state index in [0.29, 0.717) is 11.0 Å². The molecule has 0 amide bonds. The molecule has 4 rings (SSSR count). The lowest BCUT2D eigenvalue weighted by Gasteiger charge is -2.35. The van der Waals surface area contributed by atoms with Gasteiger partial charge in [-0.15, -0.1) is 0 Å². The van der Waals surface area contributed by atoms with Crippen molar-refractivity contribution < 1.29 is 4.74 Å². The van der Waals surface area contributed by atoms with Crippen molar-refractivity contribution in [3.05, 3.63) is 35.5 Å². The molecule has 0 aliphatic carbocycles. The van der Waals surface area contributed by atoms with Gasteiger partial charge in [-0.3, -0.25) is 4.68 Å². The van der Waals surface area contributed by atoms with Crippen LogP contribution in [-0.4, -0.2) is 45.0 Å². The smallest absolute Gasteiger partial charge is 0.229 e. The van der Waals surface area contributed by atoms with E-state index in [4.69, 9.17) is 26.3 Å². The Morgan fingerprint density at radius 1 is 1.12 bits per heavy atom. The van der Waals surface area contributed by atoms with Crippen molar-refractivity contribution in [3.63, 3.8) is 0 Å². The van der Waals surface area contributed by atoms with Gasteiger partial charge in [0.1, 0.15) is 5.82 Å². The third-order valence-corrected chi connectivity index (χ3v) is 4.64. The van der Waals surface area contributed by atoms with Gasteiger partial charge in [-0.2, -0.15) is 15.1 Å². The molecule has 1 aromatic carbocycles. The maximum absolute atomic E-state index is 5.98. The first-order chi connectivity index (χ1) is 12.5. The van der Waals surface area contributed by atoms with Crippen LogP contribution in [0.2, 0.25) is 5.02 Å². The Morgan fingerprint density at radius 3 is 2.50 bits per heavy atom. The van der Waals surface area contributed by atoms with Gasteiger partial charge >= 0.3 is 0 Å². The average molecular weight is 373 g/mol. The van der Waals surface area contributed by atoms with Crippen LogP contribution in [0.25, 0.3) is 11.0 Å². The second-order valence-corrected chi connectivity index (χ2v) is 7.11. The molecule has 3 aromatic rings. The van der Waals surface area contributed by atoms with Crippen LogP contribution in [0.15, 0.2) is 30.5 Å². The molecular weight excluding hydrogens is 352 g/mol. The number of nitrogens with one attached hydrogen (secondary N) is 1. The Bertz CT molecular complexity index is 915. The first kappa shape index (κ1) is 17.1. The number of benzene rings is 1. The maximum Gasteiger partial charge on any atom is 0.229 e. The van der Waals surface area contributed by atoms with E-state index in [-0.39, 0.29) is 12.2 Å². The Labute approximate surface area is 156 Å². The average Bonchev–Trinajstić information content (AvgIpc) is 2.97. The highest BCUT2D eigenvalue weighted by atomic mass is 35.5. The summed E-state index contributed by atoms with van der Waals surface area (Å²) in [5.41, 5.74) is 1.70. The summed E-state index contributed by atoms with van der Waals surface area (Å²) in [7, 11) is 1.88. The van der Waals surface area contributed by atoms with Gasteiger partial charge in [-0.05, 0) is 38.1 Å². The minimum absolute atomic E-state index is 0.136. The fourth-order valence-corrected chi connectivity index (χ4v) is 3.38. The van der Waals surface area contributed by atoms with Crippen molar-refractivity contribution >= 4 is 40.1 Å². The number of halogens is 1. The molecule has 3 heterocycles. The molecule has 0 radical (unpaired) electrons. The molecule has 26 heavy (non-hydrogen) atoms. The van der Waals surface area contributed by atoms with Crippen molar-refractivity contribution in [2.75, 3.05) is 23.3 Å². The molecule has 1 N–H and O–H groups in total. The number of rotatable bonds is 3. The minimum Gasteiger partial charge on any atom is -0.372 e. The van der Waals surface area contributed by atoms with E-state index in [1.165, 1.54) is 0 Å². The van der Waals surface area contributed by atoms with Gasteiger partial charge in [0.15, 0.2) is 5.65 Å². The number of anilines is 3. The zero-order valence-corrected chi connectivity index (χ0v) is 15.7. The summed E-state index contributed by atoms with van der Waals surface area (Å²) in [5.74, 6) is 1.41. The second kappa shape index (κ2) is 6.74. The van der Waals surface area contributed by atoms with Crippen LogP contribution in [0.3, 0.4) is 0 Å². The molecule has 2 unspecified atom stereocenters. The number of fused-ring (bicyclic) bond motifs is 1. The highest BCUT2D eigenvalue weighted by Gasteiger charge is 2.25. The van der Waals surface area contributed by atoms with Gasteiger partial charge in [-0.25, -0.2) is 0 Å². The number of nitrogens with zero attached hydrogens (tertiary/aromatic N) is 5. The lowest BCUT2D eigenvalue weighted by molar-refractivity contribution is -0.00569. The van der Waals surface area contributed by atoms with Crippen LogP contribution in [0.4, 0.5) is 17.5 Å². The van der Waals surface area contributed by atoms with Crippen molar-refractivity contribution in [2.24, 2.45) is 7.05 Å². The predicted molar refractivity (Wildman–Crippen MR) is 103 cm³/mol. The van der Waals surface area contributed by atoms with Crippen molar-refractivity contribution in [2.45, 2.75) is 26.1 Å². The largest absolute Gasteiger partial charge is 0.372 e. The minimum atomic E-state index is 0.136. The molecule has 136 valence electrons. The van der Waals surface area contributed by atoms with Crippen LogP contribution >= 0.6 is 11.6 Å². The maximum atomic E-state index is 5.98. The summed E-state index contributed by atoms with van der Waals surface area (Å²) in [4.78, 5) is 11.7. The van der Waals surface area contributed by atoms with E-state index in [2.05, 4.69) is 29.2 Å². The van der Waals surface area contributed by atoms with E-state index >= 15 is 0 Å². The van der Waals surface area contributed by atoms with E-state index in [0.717, 1.165) is 35.6 Å². The summed E-state index contributed by atoms with van der Waals surface area (Å²) < 4.78 is 7.59. The summed E-state index contributed by atoms with van der Waals surface area (Å²) in [6.07, 6.45) is 2.05. The number of morpholine rings is 1. The molecule has 2 atom stereocenters. The lowest BCUT2D eigenvalue weighted by atomic mass is 10.2. The molecule has 1 aliphatic rings. The normalized spacial score (nSPS) is 20.5. The summed E-state index contributed by atoms with van der Waals surface area (Å²) in [6.45, 7) is 5.65. The molecule has 0 saturated carbocycles. The van der Waals surface area contributed by atoms with Gasteiger partial charge in [0.05, 0.1) is 23.8 Å². The van der Waals surface area contributed by atoms with Gasteiger partial charge in [0.25, 0.3) is 0 Å². The molecule has 7 nitrogen and oxygen atoms in total. The highest BCUT2D eigenvalue weighted by molar-refractivity contribution is 6.30. The van der Waals surface area contributed by atoms with Crippen LogP contribution < -0.4 is 10.2 Å². The van der Waals surface area contributed by atoms with Crippen LogP contribution in [0.1, 0.15) is 13.8 Å². The van der Waals surface area contributed by atoms with Crippen LogP contribution in [0.5, 0.6) is 0 Å². The number of ether oxygens (including phenoxy) is 1. The summed E-state index contributed by atoms with van der Waals surface area (Å²) >= 11 is 5.98. The fraction of sp³-hybridized carbons (Fsp3) is 0.389. The van der Waals surface area contributed by atoms with Crippen molar-refractivity contribution in [1.82, 2.24) is 19.7 Å². The van der Waals surface area contributed by atoms with E-state index < -0.39 is 0 Å². The molecule has 2 aromatic heterocycles. The number of aryl methyl sites for hydroxylation is 1. The number of aromatic nitrogens is 4. The molecule has 1 fully saturated rings. The topological polar surface area (TPSA) is 68.1 Å². The zero-order chi connectivity index (χ0) is 18.3. The third kappa shape index (κ3) is 3.32. The van der Waals surface area contributed by atoms with E-state index in [1.807, 2.05) is 31.3 Å². The Kier molecular flexibility index (Phi) is 4.42. The summed E-state index contributed by atoms with van der Waals surface area (Å²) in [6, 6.07) is 7.53. The SMILES string of the molecule is CC1CN(c2nc(Nc3ccc(Cl)cc3)c3cnn(C)c3n2)CC(C)O1. The molecule has 8 heteroatoms. The molecule has 0 spiro atoms. The Balaban J connectivity index is 1.75. The van der Waals surface area contributed by atoms with Gasteiger partial charge in [0, 0.05) is 30.8 Å². The van der Waals surface area contributed by atoms with Crippen LogP contribution in [-0.2, 0) is 11.8 Å². The second-order valence-electron chi connectivity index (χ2n) is 6.67. The molecular formula is C18H21ClN6O. The molecule has 0 bridgehead atoms. The zero-order valence-electron chi connectivity index (χ0n) is 15.0. The Morgan fingerprint density at radius 2 is 1.81 bits per heavy atom. The van der Waals surface area contributed by atoms with Crippen molar-refractivity contribution in [3.8, 4) is 0 Å². The number of hydrogen-bond donors (Lipinski definition) is 1. The summed E-state index contributed by atoms with van der Waals surface area (Å²) in [5, 5.41) is 9.28. The highest BCUT2D eigenvalue weighted by Crippen LogP contribution is 2.27. The van der Waals surface area contributed by atoms with E-state index in [1.54, 1.807) is 10.9 Å². The lowest BCUT2D eigenvalue weighted by Crippen LogP contribution is -2.46. The van der Waals surface area contributed by atoms with E-state index in [9.17, 15) is 0 Å². The predicted octanol–water partition coefficient (Wildman–Crippen LogP) is 3.37. The Hall–Kier alpha value is -2.38. The third-order valence-electron chi connectivity index (χ3n) is 4.39. The fourth-order valence-electron chi connectivity index (χ4n) is 3.26. The standard InChI is InChI=1S/C18H21ClN6O/c1-11-9-25(10-12(2)26-11)18-22-16(15-8-20-24(3)17(15)23-18)21-14-6-4-13(19)5-7-14/h4-8,11-12H,9-10H2,1-3H3,(H,21,22,23). The van der Waals surface area contributed by atoms with Crippen LogP contribution in [0, 0.1) is 0 Å². The van der Waals surface area contributed by atoms with Gasteiger partial charge in [-0.1, -0.05) is 11.6 Å². The first-order valence-electron chi connectivity index (χ1n) is 8.62. The first-order valence-corrected chi connectivity index (χ1v) is 9.00. The van der Waals surface area contributed by atoms with Gasteiger partial charge in [0.2, 0.25) is 5.95 Å². The quantitative estimate of drug-likeness (QED) is 0.760. The monoisotopic (exact) mass is 372 g/mol. The van der Waals surface area contributed by atoms with Crippen molar-refractivity contribution in [1.29, 1.82) is 0 Å². The van der Waals surface area contributed by atoms with Gasteiger partial charge < -0.3 is 15.0 Å².